The van der Waals surface area contributed by atoms with E-state index in [0.29, 0.717) is 32.1 Å². The minimum Gasteiger partial charge on any atom is -0.447 e. The van der Waals surface area contributed by atoms with Crippen LogP contribution in [0.1, 0.15) is 41.6 Å². The maximum Gasteiger partial charge on any atom is 0.414 e. The Labute approximate surface area is 184 Å². The summed E-state index contributed by atoms with van der Waals surface area (Å²) in [6.45, 7) is 3.58. The minimum absolute atomic E-state index is 0.0390. The van der Waals surface area contributed by atoms with Gasteiger partial charge in [0, 0.05) is 32.4 Å². The standard InChI is InChI=1S/C23H24F2N4O3/c1-14-13-32-23(31)29(14)17-10-18(24)21(19(25)11-17)22(30)28-8-6-27(7-9-28)20-5-4-16(12-26-20)15-2-3-15/h4-5,10-12,14-15H,2-3,6-9,13H2,1H3. The van der Waals surface area contributed by atoms with Gasteiger partial charge in [-0.3, -0.25) is 9.69 Å². The SMILES string of the molecule is CC1COC(=O)N1c1cc(F)c(C(=O)N2CCN(c3ccc(C4CC4)cn3)CC2)c(F)c1. The number of carbonyl (C=O) groups excluding carboxylic acids is 2. The van der Waals surface area contributed by atoms with E-state index in [1.54, 1.807) is 6.92 Å². The third kappa shape index (κ3) is 3.76. The molecule has 2 aliphatic heterocycles. The molecule has 168 valence electrons. The van der Waals surface area contributed by atoms with Gasteiger partial charge in [0.15, 0.2) is 0 Å². The van der Waals surface area contributed by atoms with Crippen molar-refractivity contribution in [3.63, 3.8) is 0 Å². The second kappa shape index (κ2) is 8.03. The highest BCUT2D eigenvalue weighted by Gasteiger charge is 2.34. The van der Waals surface area contributed by atoms with E-state index in [0.717, 1.165) is 18.0 Å². The van der Waals surface area contributed by atoms with Crippen LogP contribution in [0.15, 0.2) is 30.5 Å². The van der Waals surface area contributed by atoms with E-state index in [2.05, 4.69) is 16.0 Å². The van der Waals surface area contributed by atoms with Gasteiger partial charge in [0.2, 0.25) is 0 Å². The molecule has 0 bridgehead atoms. The first-order chi connectivity index (χ1) is 15.4. The molecule has 0 N–H and O–H groups in total. The molecule has 3 aliphatic rings. The molecule has 3 heterocycles. The fraction of sp³-hybridized carbons (Fsp3) is 0.435. The van der Waals surface area contributed by atoms with Gasteiger partial charge in [0.05, 0.1) is 11.7 Å². The average Bonchev–Trinajstić information content (AvgIpc) is 3.58. The molecular formula is C23H24F2N4O3. The van der Waals surface area contributed by atoms with E-state index < -0.39 is 29.2 Å². The number of benzene rings is 1. The van der Waals surface area contributed by atoms with Crippen molar-refractivity contribution in [1.82, 2.24) is 9.88 Å². The number of piperazine rings is 1. The number of anilines is 2. The van der Waals surface area contributed by atoms with Crippen molar-refractivity contribution in [3.8, 4) is 0 Å². The van der Waals surface area contributed by atoms with E-state index in [1.807, 2.05) is 12.3 Å². The van der Waals surface area contributed by atoms with E-state index in [1.165, 1.54) is 28.2 Å². The molecule has 1 aliphatic carbocycles. The molecular weight excluding hydrogens is 418 g/mol. The van der Waals surface area contributed by atoms with E-state index in [-0.39, 0.29) is 18.3 Å². The van der Waals surface area contributed by atoms with Crippen LogP contribution in [-0.4, -0.2) is 60.7 Å². The van der Waals surface area contributed by atoms with Crippen molar-refractivity contribution in [2.45, 2.75) is 31.7 Å². The molecule has 7 nitrogen and oxygen atoms in total. The number of nitrogens with zero attached hydrogens (tertiary/aromatic N) is 4. The first-order valence-corrected chi connectivity index (χ1v) is 10.9. The van der Waals surface area contributed by atoms with E-state index in [4.69, 9.17) is 4.74 Å². The summed E-state index contributed by atoms with van der Waals surface area (Å²) in [4.78, 5) is 34.0. The van der Waals surface area contributed by atoms with Crippen LogP contribution < -0.4 is 9.80 Å². The van der Waals surface area contributed by atoms with Gasteiger partial charge in [-0.25, -0.2) is 18.6 Å². The molecule has 1 saturated carbocycles. The number of hydrogen-bond acceptors (Lipinski definition) is 5. The number of carbonyl (C=O) groups is 2. The number of pyridine rings is 1. The van der Waals surface area contributed by atoms with Crippen molar-refractivity contribution in [2.75, 3.05) is 42.6 Å². The van der Waals surface area contributed by atoms with Gasteiger partial charge in [-0.05, 0) is 49.4 Å². The Morgan fingerprint density at radius 3 is 2.31 bits per heavy atom. The molecule has 1 aromatic carbocycles. The van der Waals surface area contributed by atoms with Crippen LogP contribution in [0.5, 0.6) is 0 Å². The number of halogens is 2. The van der Waals surface area contributed by atoms with Crippen LogP contribution in [0.3, 0.4) is 0 Å². The van der Waals surface area contributed by atoms with Gasteiger partial charge >= 0.3 is 6.09 Å². The fourth-order valence-corrected chi connectivity index (χ4v) is 4.32. The van der Waals surface area contributed by atoms with Crippen molar-refractivity contribution in [1.29, 1.82) is 0 Å². The quantitative estimate of drug-likeness (QED) is 0.725. The van der Waals surface area contributed by atoms with Crippen LogP contribution in [-0.2, 0) is 4.74 Å². The largest absolute Gasteiger partial charge is 0.447 e. The molecule has 32 heavy (non-hydrogen) atoms. The predicted octanol–water partition coefficient (Wildman–Crippen LogP) is 3.54. The van der Waals surface area contributed by atoms with Crippen LogP contribution in [0.4, 0.5) is 25.1 Å². The van der Waals surface area contributed by atoms with Crippen LogP contribution in [0.2, 0.25) is 0 Å². The highest BCUT2D eigenvalue weighted by Crippen LogP contribution is 2.40. The Kier molecular flexibility index (Phi) is 5.19. The molecule has 3 fully saturated rings. The maximum absolute atomic E-state index is 14.8. The van der Waals surface area contributed by atoms with Crippen molar-refractivity contribution in [2.24, 2.45) is 0 Å². The molecule has 9 heteroatoms. The molecule has 1 aromatic heterocycles. The molecule has 1 atom stereocenters. The van der Waals surface area contributed by atoms with Gasteiger partial charge in [0.25, 0.3) is 5.91 Å². The Morgan fingerprint density at radius 1 is 1.09 bits per heavy atom. The van der Waals surface area contributed by atoms with Crippen molar-refractivity contribution in [3.05, 3.63) is 53.2 Å². The highest BCUT2D eigenvalue weighted by atomic mass is 19.1. The fourth-order valence-electron chi connectivity index (χ4n) is 4.32. The normalized spacial score (nSPS) is 21.2. The number of rotatable bonds is 4. The van der Waals surface area contributed by atoms with Crippen LogP contribution in [0, 0.1) is 11.6 Å². The van der Waals surface area contributed by atoms with Gasteiger partial charge in [0.1, 0.15) is 29.6 Å². The summed E-state index contributed by atoms with van der Waals surface area (Å²) >= 11 is 0. The second-order valence-electron chi connectivity index (χ2n) is 8.58. The van der Waals surface area contributed by atoms with E-state index >= 15 is 0 Å². The summed E-state index contributed by atoms with van der Waals surface area (Å²) in [5.74, 6) is -1.19. The summed E-state index contributed by atoms with van der Waals surface area (Å²) in [7, 11) is 0. The van der Waals surface area contributed by atoms with Crippen LogP contribution in [0.25, 0.3) is 0 Å². The molecule has 2 saturated heterocycles. The Hall–Kier alpha value is -3.23. The zero-order valence-electron chi connectivity index (χ0n) is 17.8. The Balaban J connectivity index is 1.27. The number of amides is 2. The smallest absolute Gasteiger partial charge is 0.414 e. The lowest BCUT2D eigenvalue weighted by Crippen LogP contribution is -2.49. The maximum atomic E-state index is 14.8. The number of hydrogen-bond donors (Lipinski definition) is 0. The topological polar surface area (TPSA) is 66.0 Å². The van der Waals surface area contributed by atoms with Crippen molar-refractivity contribution < 1.29 is 23.1 Å². The average molecular weight is 442 g/mol. The number of cyclic esters (lactones) is 1. The molecule has 5 rings (SSSR count). The number of aromatic nitrogens is 1. The lowest BCUT2D eigenvalue weighted by molar-refractivity contribution is 0.0736. The Morgan fingerprint density at radius 2 is 1.78 bits per heavy atom. The summed E-state index contributed by atoms with van der Waals surface area (Å²) in [5.41, 5.74) is 0.694. The third-order valence-electron chi connectivity index (χ3n) is 6.31. The summed E-state index contributed by atoms with van der Waals surface area (Å²) in [5, 5.41) is 0. The number of ether oxygens (including phenoxy) is 1. The molecule has 0 spiro atoms. The highest BCUT2D eigenvalue weighted by molar-refractivity contribution is 5.96. The summed E-state index contributed by atoms with van der Waals surface area (Å²) in [6, 6.07) is 5.78. The van der Waals surface area contributed by atoms with E-state index in [9.17, 15) is 18.4 Å². The third-order valence-corrected chi connectivity index (χ3v) is 6.31. The lowest BCUT2D eigenvalue weighted by atomic mass is 10.1. The molecule has 2 amide bonds. The first kappa shape index (κ1) is 20.7. The van der Waals surface area contributed by atoms with Gasteiger partial charge in [-0.15, -0.1) is 0 Å². The van der Waals surface area contributed by atoms with Gasteiger partial charge < -0.3 is 14.5 Å². The Bertz CT molecular complexity index is 1030. The monoisotopic (exact) mass is 442 g/mol. The minimum atomic E-state index is -0.989. The predicted molar refractivity (Wildman–Crippen MR) is 114 cm³/mol. The first-order valence-electron chi connectivity index (χ1n) is 10.9. The second-order valence-corrected chi connectivity index (χ2v) is 8.58. The zero-order chi connectivity index (χ0) is 22.4. The molecule has 0 radical (unpaired) electrons. The zero-order valence-corrected chi connectivity index (χ0v) is 17.8. The summed E-state index contributed by atoms with van der Waals surface area (Å²) in [6.07, 6.45) is 3.69. The van der Waals surface area contributed by atoms with Crippen LogP contribution >= 0.6 is 0 Å². The van der Waals surface area contributed by atoms with Gasteiger partial charge in [-0.1, -0.05) is 6.07 Å². The summed E-state index contributed by atoms with van der Waals surface area (Å²) < 4.78 is 34.5. The van der Waals surface area contributed by atoms with Gasteiger partial charge in [-0.2, -0.15) is 0 Å². The lowest BCUT2D eigenvalue weighted by Gasteiger charge is -2.35. The molecule has 1 unspecified atom stereocenters. The molecule has 2 aromatic rings. The van der Waals surface area contributed by atoms with Crippen molar-refractivity contribution >= 4 is 23.5 Å².